The molecule has 1 aliphatic rings. The number of carbonyl (C=O) groups excluding carboxylic acids is 2. The van der Waals surface area contributed by atoms with Crippen LogP contribution in [0.15, 0.2) is 0 Å². The van der Waals surface area contributed by atoms with Crippen LogP contribution < -0.4 is 0 Å². The Morgan fingerprint density at radius 1 is 1.15 bits per heavy atom. The number of rotatable bonds is 4. The fourth-order valence-corrected chi connectivity index (χ4v) is 2.41. The van der Waals surface area contributed by atoms with E-state index in [0.29, 0.717) is 37.7 Å². The summed E-state index contributed by atoms with van der Waals surface area (Å²) < 4.78 is 5.30. The molecule has 1 rings (SSSR count). The Hall–Kier alpha value is -0.950. The molecule has 0 aliphatic carbocycles. The van der Waals surface area contributed by atoms with Crippen molar-refractivity contribution in [2.45, 2.75) is 26.4 Å². The molecule has 0 spiro atoms. The van der Waals surface area contributed by atoms with Crippen molar-refractivity contribution < 1.29 is 19.4 Å². The molecule has 1 N–H and O–H groups in total. The minimum atomic E-state index is -0.495. The standard InChI is InChI=1S/C13H24N2O4S/c1-13(2,3)19-12(18)15-6-4-14(5-7-15)11(17)10-20-9-8-16/h16H,4-10H2,1-3H3. The molecule has 1 aliphatic heterocycles. The van der Waals surface area contributed by atoms with Crippen LogP contribution in [0.2, 0.25) is 0 Å². The second-order valence-electron chi connectivity index (χ2n) is 5.62. The van der Waals surface area contributed by atoms with E-state index in [0.717, 1.165) is 0 Å². The van der Waals surface area contributed by atoms with Gasteiger partial charge in [0.1, 0.15) is 5.60 Å². The van der Waals surface area contributed by atoms with Crippen LogP contribution in [-0.2, 0) is 9.53 Å². The number of amides is 2. The van der Waals surface area contributed by atoms with Crippen LogP contribution >= 0.6 is 11.8 Å². The first-order valence-corrected chi connectivity index (χ1v) is 7.93. The van der Waals surface area contributed by atoms with E-state index in [1.807, 2.05) is 20.8 Å². The first kappa shape index (κ1) is 17.1. The molecule has 0 atom stereocenters. The number of hydrogen-bond acceptors (Lipinski definition) is 5. The third kappa shape index (κ3) is 6.00. The summed E-state index contributed by atoms with van der Waals surface area (Å²) in [5.41, 5.74) is -0.495. The van der Waals surface area contributed by atoms with E-state index in [-0.39, 0.29) is 18.6 Å². The Bertz CT molecular complexity index is 336. The number of piperazine rings is 1. The molecule has 0 radical (unpaired) electrons. The van der Waals surface area contributed by atoms with Crippen molar-refractivity contribution in [3.05, 3.63) is 0 Å². The highest BCUT2D eigenvalue weighted by molar-refractivity contribution is 7.99. The summed E-state index contributed by atoms with van der Waals surface area (Å²) >= 11 is 1.42. The number of hydrogen-bond donors (Lipinski definition) is 1. The van der Waals surface area contributed by atoms with Crippen molar-refractivity contribution in [2.75, 3.05) is 44.3 Å². The van der Waals surface area contributed by atoms with Gasteiger partial charge in [0.2, 0.25) is 5.91 Å². The van der Waals surface area contributed by atoms with Gasteiger partial charge in [-0.05, 0) is 20.8 Å². The molecule has 20 heavy (non-hydrogen) atoms. The molecule has 7 heteroatoms. The third-order valence-electron chi connectivity index (χ3n) is 2.75. The number of nitrogens with zero attached hydrogens (tertiary/aromatic N) is 2. The van der Waals surface area contributed by atoms with Crippen LogP contribution in [0.5, 0.6) is 0 Å². The van der Waals surface area contributed by atoms with Crippen molar-refractivity contribution in [1.29, 1.82) is 0 Å². The van der Waals surface area contributed by atoms with Crippen LogP contribution in [0.25, 0.3) is 0 Å². The van der Waals surface area contributed by atoms with Gasteiger partial charge in [0.05, 0.1) is 12.4 Å². The predicted molar refractivity (Wildman–Crippen MR) is 78.8 cm³/mol. The van der Waals surface area contributed by atoms with Gasteiger partial charge in [-0.3, -0.25) is 4.79 Å². The van der Waals surface area contributed by atoms with Gasteiger partial charge in [-0.2, -0.15) is 0 Å². The average molecular weight is 304 g/mol. The lowest BCUT2D eigenvalue weighted by molar-refractivity contribution is -0.130. The quantitative estimate of drug-likeness (QED) is 0.778. The van der Waals surface area contributed by atoms with Crippen molar-refractivity contribution in [3.63, 3.8) is 0 Å². The molecule has 1 heterocycles. The molecular weight excluding hydrogens is 280 g/mol. The summed E-state index contributed by atoms with van der Waals surface area (Å²) in [5, 5.41) is 8.67. The van der Waals surface area contributed by atoms with Crippen LogP contribution in [0.1, 0.15) is 20.8 Å². The molecule has 6 nitrogen and oxygen atoms in total. The summed E-state index contributed by atoms with van der Waals surface area (Å²) in [7, 11) is 0. The summed E-state index contributed by atoms with van der Waals surface area (Å²) in [6.07, 6.45) is -0.320. The van der Waals surface area contributed by atoms with Gasteiger partial charge in [0.15, 0.2) is 0 Å². The zero-order chi connectivity index (χ0) is 15.2. The topological polar surface area (TPSA) is 70.1 Å². The number of carbonyl (C=O) groups is 2. The van der Waals surface area contributed by atoms with E-state index in [1.165, 1.54) is 11.8 Å². The molecule has 1 fully saturated rings. The van der Waals surface area contributed by atoms with Gasteiger partial charge in [-0.15, -0.1) is 11.8 Å². The summed E-state index contributed by atoms with van der Waals surface area (Å²) in [4.78, 5) is 27.1. The molecule has 0 saturated carbocycles. The SMILES string of the molecule is CC(C)(C)OC(=O)N1CCN(C(=O)CSCCO)CC1. The van der Waals surface area contributed by atoms with Gasteiger partial charge < -0.3 is 19.6 Å². The number of aliphatic hydroxyl groups is 1. The normalized spacial score (nSPS) is 16.2. The highest BCUT2D eigenvalue weighted by Crippen LogP contribution is 2.12. The minimum absolute atomic E-state index is 0.0623. The summed E-state index contributed by atoms with van der Waals surface area (Å²) in [6, 6.07) is 0. The van der Waals surface area contributed by atoms with E-state index in [1.54, 1.807) is 9.80 Å². The summed E-state index contributed by atoms with van der Waals surface area (Å²) in [6.45, 7) is 7.69. The fourth-order valence-electron chi connectivity index (χ4n) is 1.78. The Labute approximate surface area is 124 Å². The zero-order valence-corrected chi connectivity index (χ0v) is 13.2. The van der Waals surface area contributed by atoms with Gasteiger partial charge >= 0.3 is 6.09 Å². The maximum absolute atomic E-state index is 11.9. The van der Waals surface area contributed by atoms with Crippen molar-refractivity contribution in [1.82, 2.24) is 9.80 Å². The van der Waals surface area contributed by atoms with Crippen LogP contribution in [0.4, 0.5) is 4.79 Å². The second-order valence-corrected chi connectivity index (χ2v) is 6.73. The molecule has 0 aromatic rings. The number of aliphatic hydroxyl groups excluding tert-OH is 1. The zero-order valence-electron chi connectivity index (χ0n) is 12.4. The number of ether oxygens (including phenoxy) is 1. The highest BCUT2D eigenvalue weighted by atomic mass is 32.2. The Morgan fingerprint density at radius 2 is 1.70 bits per heavy atom. The second kappa shape index (κ2) is 7.73. The molecule has 0 bridgehead atoms. The van der Waals surface area contributed by atoms with Crippen molar-refractivity contribution >= 4 is 23.8 Å². The smallest absolute Gasteiger partial charge is 0.410 e. The largest absolute Gasteiger partial charge is 0.444 e. The minimum Gasteiger partial charge on any atom is -0.444 e. The average Bonchev–Trinajstić information content (AvgIpc) is 2.37. The molecule has 0 aromatic carbocycles. The molecule has 116 valence electrons. The van der Waals surface area contributed by atoms with E-state index in [4.69, 9.17) is 9.84 Å². The van der Waals surface area contributed by atoms with Gasteiger partial charge in [-0.25, -0.2) is 4.79 Å². The van der Waals surface area contributed by atoms with E-state index >= 15 is 0 Å². The first-order valence-electron chi connectivity index (χ1n) is 6.78. The van der Waals surface area contributed by atoms with Crippen molar-refractivity contribution in [2.24, 2.45) is 0 Å². The molecular formula is C13H24N2O4S. The first-order chi connectivity index (χ1) is 9.33. The van der Waals surface area contributed by atoms with Crippen molar-refractivity contribution in [3.8, 4) is 0 Å². The van der Waals surface area contributed by atoms with Crippen LogP contribution in [-0.4, -0.2) is 76.8 Å². The van der Waals surface area contributed by atoms with Gasteiger partial charge in [-0.1, -0.05) is 0 Å². The molecule has 1 saturated heterocycles. The monoisotopic (exact) mass is 304 g/mol. The lowest BCUT2D eigenvalue weighted by Gasteiger charge is -2.35. The summed E-state index contributed by atoms with van der Waals surface area (Å²) in [5.74, 6) is 1.02. The van der Waals surface area contributed by atoms with E-state index < -0.39 is 5.60 Å². The lowest BCUT2D eigenvalue weighted by Crippen LogP contribution is -2.52. The Kier molecular flexibility index (Phi) is 6.61. The Morgan fingerprint density at radius 3 is 2.20 bits per heavy atom. The molecule has 0 aromatic heterocycles. The predicted octanol–water partition coefficient (Wildman–Crippen LogP) is 0.791. The van der Waals surface area contributed by atoms with Gasteiger partial charge in [0, 0.05) is 31.9 Å². The molecule has 2 amide bonds. The maximum Gasteiger partial charge on any atom is 0.410 e. The Balaban J connectivity index is 2.32. The lowest BCUT2D eigenvalue weighted by atomic mass is 10.2. The fraction of sp³-hybridized carbons (Fsp3) is 0.846. The number of thioether (sulfide) groups is 1. The van der Waals surface area contributed by atoms with Crippen LogP contribution in [0.3, 0.4) is 0 Å². The van der Waals surface area contributed by atoms with E-state index in [9.17, 15) is 9.59 Å². The third-order valence-corrected chi connectivity index (χ3v) is 3.67. The van der Waals surface area contributed by atoms with Crippen LogP contribution in [0, 0.1) is 0 Å². The van der Waals surface area contributed by atoms with Gasteiger partial charge in [0.25, 0.3) is 0 Å². The maximum atomic E-state index is 11.9. The van der Waals surface area contributed by atoms with E-state index in [2.05, 4.69) is 0 Å². The highest BCUT2D eigenvalue weighted by Gasteiger charge is 2.27. The molecule has 0 unspecified atom stereocenters.